The third kappa shape index (κ3) is 3.61. The van der Waals surface area contributed by atoms with Crippen LogP contribution in [0, 0.1) is 10.6 Å². The second kappa shape index (κ2) is 7.13. The highest BCUT2D eigenvalue weighted by atomic mass is 32.1. The first kappa shape index (κ1) is 17.1. The molecule has 1 aliphatic rings. The van der Waals surface area contributed by atoms with Crippen molar-refractivity contribution in [1.29, 1.82) is 0 Å². The largest absolute Gasteiger partial charge is 0.283 e. The molecule has 26 heavy (non-hydrogen) atoms. The maximum Gasteiger partial charge on any atom is 0.203 e. The predicted octanol–water partition coefficient (Wildman–Crippen LogP) is 4.51. The Bertz CT molecular complexity index is 959. The SMILES string of the molecule is CN(Cc1cccc(F)c1)Cn1nc(C2CC2)n(-c2ccccc2)c1=S. The third-order valence-corrected chi connectivity index (χ3v) is 4.93. The lowest BCUT2D eigenvalue weighted by Gasteiger charge is -2.16. The zero-order chi connectivity index (χ0) is 18.1. The Morgan fingerprint density at radius 1 is 1.15 bits per heavy atom. The minimum atomic E-state index is -0.211. The van der Waals surface area contributed by atoms with Crippen LogP contribution in [0.1, 0.15) is 30.1 Å². The smallest absolute Gasteiger partial charge is 0.203 e. The van der Waals surface area contributed by atoms with Gasteiger partial charge in [-0.25, -0.2) is 9.07 Å². The number of para-hydroxylation sites is 1. The van der Waals surface area contributed by atoms with Crippen LogP contribution >= 0.6 is 12.2 Å². The van der Waals surface area contributed by atoms with Gasteiger partial charge in [-0.3, -0.25) is 9.47 Å². The first-order valence-electron chi connectivity index (χ1n) is 8.80. The van der Waals surface area contributed by atoms with Crippen molar-refractivity contribution in [2.24, 2.45) is 0 Å². The fourth-order valence-corrected chi connectivity index (χ4v) is 3.47. The van der Waals surface area contributed by atoms with Crippen LogP contribution in [0.15, 0.2) is 54.6 Å². The summed E-state index contributed by atoms with van der Waals surface area (Å²) in [6.45, 7) is 1.20. The third-order valence-electron chi connectivity index (χ3n) is 4.54. The molecule has 0 amide bonds. The summed E-state index contributed by atoms with van der Waals surface area (Å²) in [6, 6.07) is 16.8. The van der Waals surface area contributed by atoms with Crippen LogP contribution in [-0.4, -0.2) is 26.3 Å². The Hall–Kier alpha value is -2.31. The molecule has 6 heteroatoms. The summed E-state index contributed by atoms with van der Waals surface area (Å²) in [5, 5.41) is 4.81. The Morgan fingerprint density at radius 3 is 2.62 bits per heavy atom. The van der Waals surface area contributed by atoms with Crippen molar-refractivity contribution in [3.8, 4) is 5.69 Å². The van der Waals surface area contributed by atoms with E-state index in [1.54, 1.807) is 12.1 Å². The summed E-state index contributed by atoms with van der Waals surface area (Å²) in [7, 11) is 1.99. The minimum Gasteiger partial charge on any atom is -0.283 e. The molecule has 4 nitrogen and oxygen atoms in total. The highest BCUT2D eigenvalue weighted by Gasteiger charge is 2.30. The van der Waals surface area contributed by atoms with Crippen molar-refractivity contribution >= 4 is 12.2 Å². The molecule has 1 saturated carbocycles. The van der Waals surface area contributed by atoms with Gasteiger partial charge in [0.15, 0.2) is 0 Å². The summed E-state index contributed by atoms with van der Waals surface area (Å²) in [5.41, 5.74) is 1.99. The molecule has 1 aromatic heterocycles. The zero-order valence-electron chi connectivity index (χ0n) is 14.7. The van der Waals surface area contributed by atoms with E-state index in [1.165, 1.54) is 6.07 Å². The van der Waals surface area contributed by atoms with Crippen molar-refractivity contribution in [2.45, 2.75) is 32.0 Å². The first-order valence-corrected chi connectivity index (χ1v) is 9.21. The van der Waals surface area contributed by atoms with Gasteiger partial charge in [0, 0.05) is 18.2 Å². The standard InChI is InChI=1S/C20H21FN4S/c1-23(13-15-6-5-7-17(21)12-15)14-24-20(26)25(18-8-3-2-4-9-18)19(22-24)16-10-11-16/h2-9,12,16H,10-11,13-14H2,1H3. The molecular weight excluding hydrogens is 347 g/mol. The van der Waals surface area contributed by atoms with Crippen LogP contribution in [0.4, 0.5) is 4.39 Å². The molecule has 134 valence electrons. The lowest BCUT2D eigenvalue weighted by molar-refractivity contribution is 0.243. The molecule has 0 spiro atoms. The van der Waals surface area contributed by atoms with E-state index >= 15 is 0 Å². The van der Waals surface area contributed by atoms with Gasteiger partial charge in [0.25, 0.3) is 0 Å². The fraction of sp³-hybridized carbons (Fsp3) is 0.300. The predicted molar refractivity (Wildman–Crippen MR) is 102 cm³/mol. The van der Waals surface area contributed by atoms with Gasteiger partial charge in [0.2, 0.25) is 4.77 Å². The van der Waals surface area contributed by atoms with Crippen LogP contribution in [0.5, 0.6) is 0 Å². The molecule has 3 aromatic rings. The molecule has 0 N–H and O–H groups in total. The van der Waals surface area contributed by atoms with Crippen molar-refractivity contribution in [2.75, 3.05) is 7.05 Å². The van der Waals surface area contributed by atoms with Gasteiger partial charge in [-0.15, -0.1) is 0 Å². The molecule has 0 bridgehead atoms. The average molecular weight is 368 g/mol. The number of nitrogens with zero attached hydrogens (tertiary/aromatic N) is 4. The fourth-order valence-electron chi connectivity index (χ4n) is 3.17. The molecule has 0 aliphatic heterocycles. The maximum absolute atomic E-state index is 13.4. The van der Waals surface area contributed by atoms with Crippen molar-refractivity contribution in [3.05, 3.63) is 76.6 Å². The highest BCUT2D eigenvalue weighted by Crippen LogP contribution is 2.40. The molecule has 4 rings (SSSR count). The van der Waals surface area contributed by atoms with Gasteiger partial charge in [0.1, 0.15) is 11.6 Å². The molecule has 1 aliphatic carbocycles. The minimum absolute atomic E-state index is 0.211. The first-order chi connectivity index (χ1) is 12.6. The van der Waals surface area contributed by atoms with Gasteiger partial charge in [-0.1, -0.05) is 30.3 Å². The van der Waals surface area contributed by atoms with E-state index in [0.717, 1.165) is 29.9 Å². The summed E-state index contributed by atoms with van der Waals surface area (Å²) in [6.07, 6.45) is 2.33. The van der Waals surface area contributed by atoms with E-state index in [0.29, 0.717) is 23.9 Å². The normalized spacial score (nSPS) is 14.1. The van der Waals surface area contributed by atoms with Crippen molar-refractivity contribution in [1.82, 2.24) is 19.2 Å². The topological polar surface area (TPSA) is 26.0 Å². The zero-order valence-corrected chi connectivity index (χ0v) is 15.5. The maximum atomic E-state index is 13.4. The molecule has 0 unspecified atom stereocenters. The lowest BCUT2D eigenvalue weighted by atomic mass is 10.2. The number of hydrogen-bond acceptors (Lipinski definition) is 3. The Kier molecular flexibility index (Phi) is 4.70. The van der Waals surface area contributed by atoms with Crippen molar-refractivity contribution in [3.63, 3.8) is 0 Å². The van der Waals surface area contributed by atoms with Crippen LogP contribution in [-0.2, 0) is 13.2 Å². The number of aromatic nitrogens is 3. The summed E-state index contributed by atoms with van der Waals surface area (Å²) < 4.78 is 18.0. The second-order valence-corrected chi connectivity index (χ2v) is 7.24. The van der Waals surface area contributed by atoms with E-state index in [1.807, 2.05) is 36.0 Å². The summed E-state index contributed by atoms with van der Waals surface area (Å²) >= 11 is 5.72. The molecule has 0 atom stereocenters. The van der Waals surface area contributed by atoms with E-state index in [9.17, 15) is 4.39 Å². The molecule has 2 aromatic carbocycles. The van der Waals surface area contributed by atoms with Crippen molar-refractivity contribution < 1.29 is 4.39 Å². The van der Waals surface area contributed by atoms with Crippen LogP contribution in [0.25, 0.3) is 5.69 Å². The van der Waals surface area contributed by atoms with E-state index < -0.39 is 0 Å². The number of hydrogen-bond donors (Lipinski definition) is 0. The Labute approximate surface area is 157 Å². The van der Waals surface area contributed by atoms with Crippen LogP contribution in [0.2, 0.25) is 0 Å². The van der Waals surface area contributed by atoms with Gasteiger partial charge in [-0.05, 0) is 61.9 Å². The van der Waals surface area contributed by atoms with E-state index in [4.69, 9.17) is 17.3 Å². The summed E-state index contributed by atoms with van der Waals surface area (Å²) in [4.78, 5) is 2.09. The molecule has 1 fully saturated rings. The number of halogens is 1. The van der Waals surface area contributed by atoms with E-state index in [2.05, 4.69) is 21.6 Å². The van der Waals surface area contributed by atoms with E-state index in [-0.39, 0.29) is 5.82 Å². The average Bonchev–Trinajstić information content (AvgIpc) is 3.41. The second-order valence-electron chi connectivity index (χ2n) is 6.87. The van der Waals surface area contributed by atoms with Gasteiger partial charge < -0.3 is 0 Å². The van der Waals surface area contributed by atoms with Gasteiger partial charge in [-0.2, -0.15) is 5.10 Å². The quantitative estimate of drug-likeness (QED) is 0.599. The molecular formula is C20H21FN4S. The Morgan fingerprint density at radius 2 is 1.92 bits per heavy atom. The monoisotopic (exact) mass is 368 g/mol. The molecule has 1 heterocycles. The van der Waals surface area contributed by atoms with Crippen LogP contribution in [0.3, 0.4) is 0 Å². The van der Waals surface area contributed by atoms with Gasteiger partial charge >= 0.3 is 0 Å². The lowest BCUT2D eigenvalue weighted by Crippen LogP contribution is -2.22. The Balaban J connectivity index is 1.60. The number of rotatable bonds is 6. The molecule has 0 radical (unpaired) electrons. The number of benzene rings is 2. The van der Waals surface area contributed by atoms with Gasteiger partial charge in [0.05, 0.1) is 6.67 Å². The highest BCUT2D eigenvalue weighted by molar-refractivity contribution is 7.71. The van der Waals surface area contributed by atoms with Crippen LogP contribution < -0.4 is 0 Å². The summed E-state index contributed by atoms with van der Waals surface area (Å²) in [5.74, 6) is 1.32. The molecule has 0 saturated heterocycles.